The van der Waals surface area contributed by atoms with Crippen molar-refractivity contribution < 1.29 is 19.1 Å². The minimum atomic E-state index is -0.811. The van der Waals surface area contributed by atoms with Crippen LogP contribution in [0, 0.1) is 0 Å². The molecule has 0 radical (unpaired) electrons. The third-order valence-corrected chi connectivity index (χ3v) is 1.38. The Morgan fingerprint density at radius 2 is 2.43 bits per heavy atom. The van der Waals surface area contributed by atoms with Crippen molar-refractivity contribution in [3.63, 3.8) is 0 Å². The van der Waals surface area contributed by atoms with Gasteiger partial charge < -0.3 is 14.3 Å². The highest BCUT2D eigenvalue weighted by molar-refractivity contribution is 5.72. The summed E-state index contributed by atoms with van der Waals surface area (Å²) in [4.78, 5) is 23.7. The van der Waals surface area contributed by atoms with Gasteiger partial charge >= 0.3 is 17.7 Å². The molecule has 0 bridgehead atoms. The first-order valence-corrected chi connectivity index (χ1v) is 3.81. The molecule has 0 saturated carbocycles. The maximum absolute atomic E-state index is 11.0. The van der Waals surface area contributed by atoms with Gasteiger partial charge in [-0.25, -0.2) is 4.79 Å². The standard InChI is InChI=1S/C8H9NO5/c1-2-3-13-6(10)4-5-7(11)14-8(12)9-5/h2,11H,1,3-4H2,(H,9,12). The number of rotatable bonds is 4. The van der Waals surface area contributed by atoms with E-state index in [1.54, 1.807) is 0 Å². The Bertz CT molecular complexity index is 389. The van der Waals surface area contributed by atoms with Crippen molar-refractivity contribution in [1.29, 1.82) is 0 Å². The molecule has 0 aliphatic rings. The third kappa shape index (κ3) is 2.51. The van der Waals surface area contributed by atoms with Crippen molar-refractivity contribution in [2.45, 2.75) is 6.42 Å². The zero-order chi connectivity index (χ0) is 10.6. The van der Waals surface area contributed by atoms with Crippen LogP contribution in [-0.4, -0.2) is 22.7 Å². The Morgan fingerprint density at radius 3 is 2.93 bits per heavy atom. The van der Waals surface area contributed by atoms with E-state index >= 15 is 0 Å². The number of ether oxygens (including phenoxy) is 1. The number of oxazole rings is 1. The molecule has 6 nitrogen and oxygen atoms in total. The van der Waals surface area contributed by atoms with E-state index in [9.17, 15) is 9.59 Å². The molecule has 0 fully saturated rings. The summed E-state index contributed by atoms with van der Waals surface area (Å²) in [7, 11) is 0. The van der Waals surface area contributed by atoms with Crippen molar-refractivity contribution in [3.05, 3.63) is 28.9 Å². The van der Waals surface area contributed by atoms with Crippen LogP contribution in [0.3, 0.4) is 0 Å². The van der Waals surface area contributed by atoms with Gasteiger partial charge in [-0.3, -0.25) is 9.78 Å². The lowest BCUT2D eigenvalue weighted by Crippen LogP contribution is -2.09. The van der Waals surface area contributed by atoms with Gasteiger partial charge in [0.25, 0.3) is 0 Å². The van der Waals surface area contributed by atoms with Crippen LogP contribution in [0.2, 0.25) is 0 Å². The van der Waals surface area contributed by atoms with Crippen molar-refractivity contribution in [3.8, 4) is 5.95 Å². The number of aromatic amines is 1. The van der Waals surface area contributed by atoms with Crippen LogP contribution >= 0.6 is 0 Å². The van der Waals surface area contributed by atoms with E-state index in [0.29, 0.717) is 0 Å². The van der Waals surface area contributed by atoms with Gasteiger partial charge in [0.2, 0.25) is 0 Å². The van der Waals surface area contributed by atoms with E-state index in [4.69, 9.17) is 5.11 Å². The molecule has 1 aromatic rings. The second-order valence-electron chi connectivity index (χ2n) is 2.45. The molecule has 1 aromatic heterocycles. The molecule has 0 aliphatic heterocycles. The Labute approximate surface area is 78.8 Å². The summed E-state index contributed by atoms with van der Waals surface area (Å²) >= 11 is 0. The van der Waals surface area contributed by atoms with Crippen molar-refractivity contribution in [2.24, 2.45) is 0 Å². The van der Waals surface area contributed by atoms with Crippen LogP contribution in [0.5, 0.6) is 5.95 Å². The zero-order valence-corrected chi connectivity index (χ0v) is 7.28. The van der Waals surface area contributed by atoms with Gasteiger partial charge in [-0.1, -0.05) is 12.7 Å². The summed E-state index contributed by atoms with van der Waals surface area (Å²) < 4.78 is 8.86. The molecule has 0 amide bonds. The molecule has 0 saturated heterocycles. The molecule has 0 unspecified atom stereocenters. The van der Waals surface area contributed by atoms with Crippen LogP contribution < -0.4 is 5.76 Å². The zero-order valence-electron chi connectivity index (χ0n) is 7.28. The van der Waals surface area contributed by atoms with Crippen LogP contribution in [0.4, 0.5) is 0 Å². The summed E-state index contributed by atoms with van der Waals surface area (Å²) in [5.74, 6) is -1.99. The molecule has 14 heavy (non-hydrogen) atoms. The molecule has 2 N–H and O–H groups in total. The normalized spacial score (nSPS) is 9.71. The lowest BCUT2D eigenvalue weighted by Gasteiger charge is -1.98. The largest absolute Gasteiger partial charge is 0.479 e. The van der Waals surface area contributed by atoms with Gasteiger partial charge in [0.15, 0.2) is 0 Å². The van der Waals surface area contributed by atoms with Gasteiger partial charge in [0.05, 0.1) is 6.42 Å². The maximum atomic E-state index is 11.0. The average molecular weight is 199 g/mol. The van der Waals surface area contributed by atoms with E-state index in [0.717, 1.165) is 0 Å². The number of aromatic nitrogens is 1. The summed E-state index contributed by atoms with van der Waals surface area (Å²) in [6, 6.07) is 0. The second kappa shape index (κ2) is 4.31. The quantitative estimate of drug-likeness (QED) is 0.523. The Kier molecular flexibility index (Phi) is 3.11. The fraction of sp³-hybridized carbons (Fsp3) is 0.250. The topological polar surface area (TPSA) is 92.5 Å². The Hall–Kier alpha value is -1.98. The number of hydrogen-bond donors (Lipinski definition) is 2. The molecular weight excluding hydrogens is 190 g/mol. The SMILES string of the molecule is C=CCOC(=O)Cc1[nH]c(=O)oc1O. The van der Waals surface area contributed by atoms with E-state index in [2.05, 4.69) is 20.7 Å². The Balaban J connectivity index is 2.60. The van der Waals surface area contributed by atoms with Crippen LogP contribution in [0.15, 0.2) is 21.9 Å². The van der Waals surface area contributed by atoms with Gasteiger partial charge in [0.1, 0.15) is 12.3 Å². The lowest BCUT2D eigenvalue weighted by molar-refractivity contribution is -0.141. The second-order valence-corrected chi connectivity index (χ2v) is 2.45. The van der Waals surface area contributed by atoms with Gasteiger partial charge in [-0.05, 0) is 0 Å². The predicted molar refractivity (Wildman–Crippen MR) is 45.9 cm³/mol. The molecule has 1 rings (SSSR count). The molecule has 76 valence electrons. The minimum absolute atomic E-state index is 0.00376. The van der Waals surface area contributed by atoms with Gasteiger partial charge in [-0.15, -0.1) is 0 Å². The number of hydrogen-bond acceptors (Lipinski definition) is 5. The summed E-state index contributed by atoms with van der Waals surface area (Å²) in [5, 5.41) is 8.98. The van der Waals surface area contributed by atoms with Crippen LogP contribution in [0.25, 0.3) is 0 Å². The highest BCUT2D eigenvalue weighted by Gasteiger charge is 2.13. The van der Waals surface area contributed by atoms with Crippen LogP contribution in [-0.2, 0) is 16.0 Å². The maximum Gasteiger partial charge on any atom is 0.419 e. The Morgan fingerprint density at radius 1 is 1.71 bits per heavy atom. The highest BCUT2D eigenvalue weighted by atomic mass is 16.5. The van der Waals surface area contributed by atoms with Crippen molar-refractivity contribution in [1.82, 2.24) is 4.98 Å². The van der Waals surface area contributed by atoms with Crippen molar-refractivity contribution >= 4 is 5.97 Å². The fourth-order valence-electron chi connectivity index (χ4n) is 0.819. The monoisotopic (exact) mass is 199 g/mol. The van der Waals surface area contributed by atoms with E-state index in [1.807, 2.05) is 0 Å². The van der Waals surface area contributed by atoms with E-state index in [-0.39, 0.29) is 18.7 Å². The molecule has 0 spiro atoms. The highest BCUT2D eigenvalue weighted by Crippen LogP contribution is 2.11. The molecule has 0 aliphatic carbocycles. The number of esters is 1. The molecule has 0 aromatic carbocycles. The number of aromatic hydroxyl groups is 1. The van der Waals surface area contributed by atoms with E-state index in [1.165, 1.54) is 6.08 Å². The molecule has 1 heterocycles. The smallest absolute Gasteiger partial charge is 0.419 e. The molecular formula is C8H9NO5. The lowest BCUT2D eigenvalue weighted by atomic mass is 10.3. The first-order chi connectivity index (χ1) is 6.63. The average Bonchev–Trinajstić information content (AvgIpc) is 2.42. The minimum Gasteiger partial charge on any atom is -0.479 e. The van der Waals surface area contributed by atoms with E-state index < -0.39 is 17.7 Å². The first kappa shape index (κ1) is 10.1. The third-order valence-electron chi connectivity index (χ3n) is 1.38. The molecule has 0 atom stereocenters. The van der Waals surface area contributed by atoms with Crippen LogP contribution in [0.1, 0.15) is 5.69 Å². The first-order valence-electron chi connectivity index (χ1n) is 3.81. The summed E-state index contributed by atoms with van der Waals surface area (Å²) in [5.41, 5.74) is 0.00376. The predicted octanol–water partition coefficient (Wildman–Crippen LogP) is -0.0548. The number of carbonyl (C=O) groups excluding carboxylic acids is 1. The van der Waals surface area contributed by atoms with Gasteiger partial charge in [-0.2, -0.15) is 0 Å². The fourth-order valence-corrected chi connectivity index (χ4v) is 0.819. The molecule has 6 heteroatoms. The van der Waals surface area contributed by atoms with Crippen molar-refractivity contribution in [2.75, 3.05) is 6.61 Å². The number of carbonyl (C=O) groups is 1. The number of H-pyrrole nitrogens is 1. The van der Waals surface area contributed by atoms with Gasteiger partial charge in [0, 0.05) is 0 Å². The summed E-state index contributed by atoms with van der Waals surface area (Å²) in [6.45, 7) is 3.44. The number of nitrogens with one attached hydrogen (secondary N) is 1. The summed E-state index contributed by atoms with van der Waals surface area (Å²) in [6.07, 6.45) is 1.17.